The van der Waals surface area contributed by atoms with Gasteiger partial charge >= 0.3 is 0 Å². The normalized spacial score (nSPS) is 9.77. The van der Waals surface area contributed by atoms with Crippen LogP contribution in [-0.2, 0) is 0 Å². The van der Waals surface area contributed by atoms with Crippen molar-refractivity contribution in [3.8, 4) is 17.5 Å². The first-order valence-corrected chi connectivity index (χ1v) is 9.55. The van der Waals surface area contributed by atoms with Gasteiger partial charge < -0.3 is 10.8 Å². The lowest BCUT2D eigenvalue weighted by molar-refractivity contribution is 0.467. The van der Waals surface area contributed by atoms with Gasteiger partial charge in [0.25, 0.3) is 5.56 Å². The molecule has 132 valence electrons. The van der Waals surface area contributed by atoms with E-state index in [4.69, 9.17) is 22.6 Å². The van der Waals surface area contributed by atoms with Crippen LogP contribution in [0.3, 0.4) is 0 Å². The molecule has 0 unspecified atom stereocenters. The molecule has 0 radical (unpaired) electrons. The summed E-state index contributed by atoms with van der Waals surface area (Å²) in [6.45, 7) is 0. The summed E-state index contributed by atoms with van der Waals surface area (Å²) in [6.07, 6.45) is 1.36. The maximum absolute atomic E-state index is 11.7. The van der Waals surface area contributed by atoms with Crippen molar-refractivity contribution in [3.05, 3.63) is 76.7 Å². The van der Waals surface area contributed by atoms with E-state index in [2.05, 4.69) is 5.10 Å². The first-order chi connectivity index (χ1) is 12.3. The Morgan fingerprint density at radius 3 is 2.31 bits per heavy atom. The van der Waals surface area contributed by atoms with Crippen LogP contribution in [0.15, 0.2) is 53.5 Å². The molecular formula is C17H11ClI2N4O2. The highest BCUT2D eigenvalue weighted by Crippen LogP contribution is 2.26. The monoisotopic (exact) mass is 592 g/mol. The number of phenols is 1. The third kappa shape index (κ3) is 4.87. The molecule has 2 aromatic carbocycles. The van der Waals surface area contributed by atoms with E-state index in [0.717, 1.165) is 0 Å². The van der Waals surface area contributed by atoms with E-state index in [-0.39, 0.29) is 16.5 Å². The fourth-order valence-corrected chi connectivity index (χ4v) is 3.73. The molecule has 0 aliphatic rings. The van der Waals surface area contributed by atoms with Crippen molar-refractivity contribution in [2.24, 2.45) is 0 Å². The molecule has 9 heteroatoms. The fourth-order valence-electron chi connectivity index (χ4n) is 1.83. The summed E-state index contributed by atoms with van der Waals surface area (Å²) in [5.74, 6) is 0.255. The zero-order valence-electron chi connectivity index (χ0n) is 13.0. The summed E-state index contributed by atoms with van der Waals surface area (Å²) in [5.41, 5.74) is 6.47. The van der Waals surface area contributed by atoms with E-state index in [9.17, 15) is 9.90 Å². The van der Waals surface area contributed by atoms with E-state index in [0.29, 0.717) is 18.4 Å². The van der Waals surface area contributed by atoms with Crippen LogP contribution < -0.4 is 11.3 Å². The van der Waals surface area contributed by atoms with E-state index in [1.807, 2.05) is 69.5 Å². The van der Waals surface area contributed by atoms with Crippen molar-refractivity contribution < 1.29 is 5.11 Å². The minimum absolute atomic E-state index is 0.00569. The van der Waals surface area contributed by atoms with E-state index in [1.165, 1.54) is 10.9 Å². The first-order valence-electron chi connectivity index (χ1n) is 7.02. The molecule has 0 bridgehead atoms. The molecular weight excluding hydrogens is 581 g/mol. The molecule has 0 aliphatic carbocycles. The van der Waals surface area contributed by atoms with Gasteiger partial charge in [0, 0.05) is 0 Å². The number of phenolic OH excluding ortho intramolecular Hbond substituents is 1. The zero-order valence-corrected chi connectivity index (χ0v) is 18.1. The highest BCUT2D eigenvalue weighted by atomic mass is 127. The first kappa shape index (κ1) is 20.5. The molecule has 3 N–H and O–H groups in total. The molecule has 26 heavy (non-hydrogen) atoms. The Bertz CT molecular complexity index is 1010. The van der Waals surface area contributed by atoms with Crippen molar-refractivity contribution in [1.29, 1.82) is 5.26 Å². The number of benzene rings is 2. The van der Waals surface area contributed by atoms with Gasteiger partial charge in [-0.2, -0.15) is 15.0 Å². The third-order valence-electron chi connectivity index (χ3n) is 3.09. The molecule has 0 fully saturated rings. The Kier molecular flexibility index (Phi) is 7.24. The number of rotatable bonds is 1. The minimum Gasteiger partial charge on any atom is -0.506 e. The fraction of sp³-hybridized carbons (Fsp3) is 0. The van der Waals surface area contributed by atoms with Gasteiger partial charge in [-0.1, -0.05) is 29.8 Å². The number of nitrogens with two attached hydrogens (primary N) is 1. The van der Waals surface area contributed by atoms with Crippen LogP contribution in [-0.4, -0.2) is 14.9 Å². The largest absolute Gasteiger partial charge is 0.506 e. The van der Waals surface area contributed by atoms with Crippen molar-refractivity contribution in [2.75, 3.05) is 5.73 Å². The summed E-state index contributed by atoms with van der Waals surface area (Å²) in [7, 11) is 0. The SMILES string of the molecule is N#Cc1cc(I)c(O)c(I)c1.Nc1cnn(-c2ccccc2)c(=O)c1Cl. The van der Waals surface area contributed by atoms with Crippen molar-refractivity contribution in [3.63, 3.8) is 0 Å². The molecule has 0 atom stereocenters. The molecule has 3 aromatic rings. The predicted molar refractivity (Wildman–Crippen MR) is 118 cm³/mol. The molecule has 3 rings (SSSR count). The number of nitrogen functional groups attached to an aromatic ring is 1. The smallest absolute Gasteiger partial charge is 0.292 e. The molecule has 0 saturated heterocycles. The predicted octanol–water partition coefficient (Wildman–Crippen LogP) is 3.94. The van der Waals surface area contributed by atoms with E-state index < -0.39 is 5.56 Å². The maximum Gasteiger partial charge on any atom is 0.292 e. The Labute approximate surface area is 181 Å². The van der Waals surface area contributed by atoms with Gasteiger partial charge in [-0.25, -0.2) is 0 Å². The van der Waals surface area contributed by atoms with Crippen LogP contribution in [0.1, 0.15) is 5.56 Å². The lowest BCUT2D eigenvalue weighted by atomic mass is 10.2. The van der Waals surface area contributed by atoms with Crippen molar-refractivity contribution >= 4 is 62.5 Å². The summed E-state index contributed by atoms with van der Waals surface area (Å²) in [5, 5.41) is 21.7. The lowest BCUT2D eigenvalue weighted by Crippen LogP contribution is -2.22. The van der Waals surface area contributed by atoms with Crippen LogP contribution in [0.2, 0.25) is 5.02 Å². The summed E-state index contributed by atoms with van der Waals surface area (Å²) in [4.78, 5) is 11.7. The maximum atomic E-state index is 11.7. The highest BCUT2D eigenvalue weighted by molar-refractivity contribution is 14.1. The summed E-state index contributed by atoms with van der Waals surface area (Å²) >= 11 is 9.72. The van der Waals surface area contributed by atoms with Gasteiger partial charge in [-0.05, 0) is 69.4 Å². The van der Waals surface area contributed by atoms with Gasteiger partial charge in [0.1, 0.15) is 10.8 Å². The second kappa shape index (κ2) is 9.20. The Balaban J connectivity index is 0.000000197. The van der Waals surface area contributed by atoms with Gasteiger partial charge in [-0.15, -0.1) is 0 Å². The molecule has 0 aliphatic heterocycles. The Morgan fingerprint density at radius 1 is 1.19 bits per heavy atom. The second-order valence-corrected chi connectivity index (χ2v) is 7.57. The average molecular weight is 593 g/mol. The number of anilines is 1. The van der Waals surface area contributed by atoms with Gasteiger partial charge in [0.15, 0.2) is 0 Å². The summed E-state index contributed by atoms with van der Waals surface area (Å²) < 4.78 is 2.63. The van der Waals surface area contributed by atoms with Crippen molar-refractivity contribution in [2.45, 2.75) is 0 Å². The van der Waals surface area contributed by atoms with Crippen molar-refractivity contribution in [1.82, 2.24) is 9.78 Å². The number of hydrogen-bond donors (Lipinski definition) is 2. The van der Waals surface area contributed by atoms with E-state index in [1.54, 1.807) is 24.3 Å². The van der Waals surface area contributed by atoms with E-state index >= 15 is 0 Å². The zero-order chi connectivity index (χ0) is 19.3. The quantitative estimate of drug-likeness (QED) is 0.417. The molecule has 0 amide bonds. The lowest BCUT2D eigenvalue weighted by Gasteiger charge is -2.04. The second-order valence-electron chi connectivity index (χ2n) is 4.87. The number of nitrogens with zero attached hydrogens (tertiary/aromatic N) is 3. The van der Waals surface area contributed by atoms with Crippen LogP contribution in [0.4, 0.5) is 5.69 Å². The van der Waals surface area contributed by atoms with Gasteiger partial charge in [0.2, 0.25) is 0 Å². The Hall–Kier alpha value is -1.84. The number of nitriles is 1. The number of aromatic nitrogens is 2. The Morgan fingerprint density at radius 2 is 1.77 bits per heavy atom. The number of para-hydroxylation sites is 1. The standard InChI is InChI=1S/C10H8ClN3O.C7H3I2NO/c11-9-8(12)6-13-14(10(9)15)7-4-2-1-3-5-7;8-5-1-4(3-10)2-6(9)7(5)11/h1-6H,12H2;1-2,11H. The van der Waals surface area contributed by atoms with Crippen LogP contribution in [0, 0.1) is 18.5 Å². The van der Waals surface area contributed by atoms with Gasteiger partial charge in [0.05, 0.1) is 36.3 Å². The number of halogens is 3. The molecule has 1 aromatic heterocycles. The minimum atomic E-state index is -0.414. The molecule has 0 saturated carbocycles. The third-order valence-corrected chi connectivity index (χ3v) is 5.12. The molecule has 0 spiro atoms. The van der Waals surface area contributed by atoms with Gasteiger partial charge in [-0.3, -0.25) is 4.79 Å². The topological polar surface area (TPSA) is 105 Å². The molecule has 6 nitrogen and oxygen atoms in total. The highest BCUT2D eigenvalue weighted by Gasteiger charge is 2.07. The van der Waals surface area contributed by atoms with Crippen LogP contribution in [0.25, 0.3) is 5.69 Å². The average Bonchev–Trinajstić information content (AvgIpc) is 2.65. The number of hydrogen-bond acceptors (Lipinski definition) is 5. The molecule has 1 heterocycles. The number of aromatic hydroxyl groups is 1. The summed E-state index contributed by atoms with van der Waals surface area (Å²) in [6, 6.07) is 14.3. The van der Waals surface area contributed by atoms with Crippen LogP contribution in [0.5, 0.6) is 5.75 Å². The van der Waals surface area contributed by atoms with Crippen LogP contribution >= 0.6 is 56.8 Å².